The fraction of sp³-hybridized carbons (Fsp3) is 0.636. The highest BCUT2D eigenvalue weighted by atomic mass is 16.5. The molecule has 16 heavy (non-hydrogen) atoms. The largest absolute Gasteiger partial charge is 0.481 e. The number of nitrogens with zero attached hydrogens (tertiary/aromatic N) is 3. The van der Waals surface area contributed by atoms with Crippen LogP contribution in [0.5, 0.6) is 11.9 Å². The molecule has 1 aromatic heterocycles. The van der Waals surface area contributed by atoms with Gasteiger partial charge in [-0.05, 0) is 20.8 Å². The third-order valence-electron chi connectivity index (χ3n) is 2.49. The molecule has 0 radical (unpaired) electrons. The molecular weight excluding hydrogens is 206 g/mol. The third-order valence-corrected chi connectivity index (χ3v) is 2.49. The Bertz CT molecular complexity index is 351. The Morgan fingerprint density at radius 1 is 1.06 bits per heavy atom. The van der Waals surface area contributed by atoms with Crippen LogP contribution in [0.3, 0.4) is 0 Å². The molecule has 0 aliphatic heterocycles. The van der Waals surface area contributed by atoms with Crippen molar-refractivity contribution in [2.24, 2.45) is 0 Å². The van der Waals surface area contributed by atoms with E-state index in [0.29, 0.717) is 11.9 Å². The fourth-order valence-electron chi connectivity index (χ4n) is 1.59. The first kappa shape index (κ1) is 12.5. The topological polar surface area (TPSA) is 47.5 Å². The molecule has 0 N–H and O–H groups in total. The lowest BCUT2D eigenvalue weighted by Gasteiger charge is -2.22. The molecule has 1 rings (SSSR count). The number of ether oxygens (including phenoxy) is 2. The predicted molar refractivity (Wildman–Crippen MR) is 63.4 cm³/mol. The minimum atomic E-state index is 0.337. The van der Waals surface area contributed by atoms with Crippen LogP contribution >= 0.6 is 0 Å². The maximum Gasteiger partial charge on any atom is 0.321 e. The average molecular weight is 225 g/mol. The van der Waals surface area contributed by atoms with Gasteiger partial charge in [-0.1, -0.05) is 0 Å². The van der Waals surface area contributed by atoms with Crippen LogP contribution in [0.2, 0.25) is 0 Å². The van der Waals surface area contributed by atoms with Gasteiger partial charge in [-0.3, -0.25) is 0 Å². The van der Waals surface area contributed by atoms with E-state index in [1.54, 1.807) is 14.2 Å². The summed E-state index contributed by atoms with van der Waals surface area (Å²) in [4.78, 5) is 10.6. The lowest BCUT2D eigenvalue weighted by Crippen LogP contribution is -2.24. The van der Waals surface area contributed by atoms with Crippen molar-refractivity contribution < 1.29 is 9.47 Å². The van der Waals surface area contributed by atoms with Gasteiger partial charge in [0.2, 0.25) is 5.88 Å². The third kappa shape index (κ3) is 2.35. The van der Waals surface area contributed by atoms with Gasteiger partial charge < -0.3 is 14.4 Å². The summed E-state index contributed by atoms with van der Waals surface area (Å²) < 4.78 is 10.3. The normalized spacial score (nSPS) is 10.1. The molecule has 0 aliphatic rings. The van der Waals surface area contributed by atoms with Gasteiger partial charge in [0.15, 0.2) is 0 Å². The molecule has 5 heteroatoms. The van der Waals surface area contributed by atoms with Crippen LogP contribution in [0, 0.1) is 6.92 Å². The lowest BCUT2D eigenvalue weighted by molar-refractivity contribution is 0.350. The smallest absolute Gasteiger partial charge is 0.321 e. The van der Waals surface area contributed by atoms with Gasteiger partial charge in [-0.15, -0.1) is 0 Å². The van der Waals surface area contributed by atoms with Crippen molar-refractivity contribution in [2.45, 2.75) is 20.8 Å². The van der Waals surface area contributed by atoms with Crippen molar-refractivity contribution in [3.8, 4) is 11.9 Å². The standard InChI is InChI=1S/C11H19N3O2/c1-6-14(7-2)9-8(3)10(15-4)13-11(12-9)16-5/h6-7H2,1-5H3. The fourth-order valence-corrected chi connectivity index (χ4v) is 1.59. The molecule has 1 heterocycles. The van der Waals surface area contributed by atoms with Gasteiger partial charge in [0, 0.05) is 13.1 Å². The van der Waals surface area contributed by atoms with Gasteiger partial charge in [0.25, 0.3) is 0 Å². The summed E-state index contributed by atoms with van der Waals surface area (Å²) in [5.41, 5.74) is 0.937. The van der Waals surface area contributed by atoms with Crippen LogP contribution in [-0.2, 0) is 0 Å². The van der Waals surface area contributed by atoms with Crippen LogP contribution in [0.1, 0.15) is 19.4 Å². The van der Waals surface area contributed by atoms with Crippen molar-refractivity contribution >= 4 is 5.82 Å². The minimum Gasteiger partial charge on any atom is -0.481 e. The molecule has 0 unspecified atom stereocenters. The Hall–Kier alpha value is -1.52. The number of methoxy groups -OCH3 is 2. The molecular formula is C11H19N3O2. The average Bonchev–Trinajstić information content (AvgIpc) is 2.32. The molecule has 0 fully saturated rings. The zero-order valence-electron chi connectivity index (χ0n) is 10.6. The first-order valence-corrected chi connectivity index (χ1v) is 5.39. The highest BCUT2D eigenvalue weighted by Crippen LogP contribution is 2.27. The molecule has 0 spiro atoms. The summed E-state index contributed by atoms with van der Waals surface area (Å²) in [5, 5.41) is 0. The summed E-state index contributed by atoms with van der Waals surface area (Å²) >= 11 is 0. The molecule has 0 amide bonds. The van der Waals surface area contributed by atoms with E-state index in [4.69, 9.17) is 9.47 Å². The summed E-state index contributed by atoms with van der Waals surface area (Å²) in [6, 6.07) is 0.337. The van der Waals surface area contributed by atoms with Crippen LogP contribution in [0.15, 0.2) is 0 Å². The highest BCUT2D eigenvalue weighted by Gasteiger charge is 2.15. The highest BCUT2D eigenvalue weighted by molar-refractivity contribution is 5.51. The van der Waals surface area contributed by atoms with E-state index in [2.05, 4.69) is 28.7 Å². The Morgan fingerprint density at radius 3 is 2.12 bits per heavy atom. The van der Waals surface area contributed by atoms with Crippen LogP contribution in [-0.4, -0.2) is 37.3 Å². The molecule has 5 nitrogen and oxygen atoms in total. The summed E-state index contributed by atoms with van der Waals surface area (Å²) in [7, 11) is 3.15. The van der Waals surface area contributed by atoms with Crippen molar-refractivity contribution in [1.82, 2.24) is 9.97 Å². The Kier molecular flexibility index (Phi) is 4.34. The van der Waals surface area contributed by atoms with Gasteiger partial charge in [0.05, 0.1) is 19.8 Å². The second-order valence-corrected chi connectivity index (χ2v) is 3.34. The molecule has 90 valence electrons. The quantitative estimate of drug-likeness (QED) is 0.762. The second kappa shape index (κ2) is 5.53. The van der Waals surface area contributed by atoms with E-state index in [9.17, 15) is 0 Å². The number of anilines is 1. The van der Waals surface area contributed by atoms with E-state index in [-0.39, 0.29) is 0 Å². The van der Waals surface area contributed by atoms with E-state index in [1.165, 1.54) is 0 Å². The van der Waals surface area contributed by atoms with E-state index in [1.807, 2.05) is 6.92 Å². The number of hydrogen-bond acceptors (Lipinski definition) is 5. The van der Waals surface area contributed by atoms with Gasteiger partial charge in [-0.25, -0.2) is 0 Å². The molecule has 0 bridgehead atoms. The van der Waals surface area contributed by atoms with Crippen molar-refractivity contribution in [1.29, 1.82) is 0 Å². The molecule has 0 atom stereocenters. The minimum absolute atomic E-state index is 0.337. The number of aromatic nitrogens is 2. The van der Waals surface area contributed by atoms with Gasteiger partial charge in [-0.2, -0.15) is 9.97 Å². The lowest BCUT2D eigenvalue weighted by atomic mass is 10.3. The molecule has 1 aromatic rings. The van der Waals surface area contributed by atoms with Gasteiger partial charge in [0.1, 0.15) is 5.82 Å². The van der Waals surface area contributed by atoms with E-state index < -0.39 is 0 Å². The molecule has 0 saturated heterocycles. The Balaban J connectivity index is 3.24. The van der Waals surface area contributed by atoms with Crippen LogP contribution in [0.4, 0.5) is 5.82 Å². The van der Waals surface area contributed by atoms with E-state index >= 15 is 0 Å². The molecule has 0 saturated carbocycles. The summed E-state index contributed by atoms with van der Waals surface area (Å²) in [6.45, 7) is 7.90. The number of rotatable bonds is 5. The Labute approximate surface area is 96.4 Å². The van der Waals surface area contributed by atoms with Crippen LogP contribution in [0.25, 0.3) is 0 Å². The Morgan fingerprint density at radius 2 is 1.69 bits per heavy atom. The van der Waals surface area contributed by atoms with Gasteiger partial charge >= 0.3 is 6.01 Å². The van der Waals surface area contributed by atoms with Crippen molar-refractivity contribution in [2.75, 3.05) is 32.2 Å². The summed E-state index contributed by atoms with van der Waals surface area (Å²) in [6.07, 6.45) is 0. The zero-order chi connectivity index (χ0) is 12.1. The van der Waals surface area contributed by atoms with Crippen molar-refractivity contribution in [3.05, 3.63) is 5.56 Å². The molecule has 0 aromatic carbocycles. The maximum absolute atomic E-state index is 5.21. The van der Waals surface area contributed by atoms with Crippen molar-refractivity contribution in [3.63, 3.8) is 0 Å². The summed E-state index contributed by atoms with van der Waals surface area (Å²) in [5.74, 6) is 1.43. The van der Waals surface area contributed by atoms with Crippen LogP contribution < -0.4 is 14.4 Å². The zero-order valence-corrected chi connectivity index (χ0v) is 10.6. The molecule has 0 aliphatic carbocycles. The second-order valence-electron chi connectivity index (χ2n) is 3.34. The predicted octanol–water partition coefficient (Wildman–Crippen LogP) is 1.65. The van der Waals surface area contributed by atoms with E-state index in [0.717, 1.165) is 24.5 Å². The SMILES string of the molecule is CCN(CC)c1nc(OC)nc(OC)c1C. The monoisotopic (exact) mass is 225 g/mol. The first-order valence-electron chi connectivity index (χ1n) is 5.39. The number of hydrogen-bond donors (Lipinski definition) is 0. The first-order chi connectivity index (χ1) is 7.67. The maximum atomic E-state index is 5.21.